The molecule has 0 saturated heterocycles. The third kappa shape index (κ3) is 1.75. The number of aliphatic carboxylic acids is 1. The van der Waals surface area contributed by atoms with Crippen LogP contribution in [0.4, 0.5) is 0 Å². The minimum absolute atomic E-state index is 0.0333. The van der Waals surface area contributed by atoms with E-state index in [9.17, 15) is 14.7 Å². The normalized spacial score (nSPS) is 17.9. The van der Waals surface area contributed by atoms with E-state index in [4.69, 9.17) is 0 Å². The Balaban J connectivity index is 2.52. The number of hydrogen-bond acceptors (Lipinski definition) is 2. The van der Waals surface area contributed by atoms with Crippen molar-refractivity contribution in [3.05, 3.63) is 35.4 Å². The van der Waals surface area contributed by atoms with Gasteiger partial charge in [-0.1, -0.05) is 38.1 Å². The first-order chi connectivity index (χ1) is 7.97. The average Bonchev–Trinajstić information content (AvgIpc) is 2.24. The van der Waals surface area contributed by atoms with Gasteiger partial charge in [0.2, 0.25) is 0 Å². The molecule has 90 valence electrons. The Labute approximate surface area is 100 Å². The zero-order chi connectivity index (χ0) is 12.6. The largest absolute Gasteiger partial charge is 0.481 e. The van der Waals surface area contributed by atoms with Gasteiger partial charge in [-0.3, -0.25) is 9.59 Å². The maximum Gasteiger partial charge on any atom is 0.315 e. The highest BCUT2D eigenvalue weighted by Crippen LogP contribution is 2.44. The molecule has 0 atom stereocenters. The smallest absolute Gasteiger partial charge is 0.315 e. The zero-order valence-corrected chi connectivity index (χ0v) is 10.1. The number of rotatable bonds is 3. The first-order valence-corrected chi connectivity index (χ1v) is 5.82. The lowest BCUT2D eigenvalue weighted by Crippen LogP contribution is -2.48. The summed E-state index contributed by atoms with van der Waals surface area (Å²) in [5.74, 6) is -0.589. The van der Waals surface area contributed by atoms with Crippen LogP contribution in [0.1, 0.15) is 43.7 Å². The number of carboxylic acids is 1. The van der Waals surface area contributed by atoms with Crippen LogP contribution in [0.3, 0.4) is 0 Å². The molecule has 2 rings (SSSR count). The van der Waals surface area contributed by atoms with Crippen molar-refractivity contribution in [3.8, 4) is 0 Å². The third-order valence-corrected chi connectivity index (χ3v) is 3.51. The lowest BCUT2D eigenvalue weighted by molar-refractivity contribution is -0.153. The highest BCUT2D eigenvalue weighted by atomic mass is 16.4. The fourth-order valence-corrected chi connectivity index (χ4v) is 2.51. The van der Waals surface area contributed by atoms with Gasteiger partial charge in [0.15, 0.2) is 0 Å². The van der Waals surface area contributed by atoms with E-state index < -0.39 is 11.4 Å². The van der Waals surface area contributed by atoms with E-state index in [-0.39, 0.29) is 24.5 Å². The lowest BCUT2D eigenvalue weighted by Gasteiger charge is -2.38. The molecule has 17 heavy (non-hydrogen) atoms. The fraction of sp³-hybridized carbons (Fsp3) is 0.429. The molecule has 0 aliphatic heterocycles. The number of carboxylic acid groups (broad SMARTS) is 1. The first-order valence-electron chi connectivity index (χ1n) is 5.82. The molecule has 3 heteroatoms. The van der Waals surface area contributed by atoms with Gasteiger partial charge >= 0.3 is 5.97 Å². The maximum atomic E-state index is 11.5. The van der Waals surface area contributed by atoms with Gasteiger partial charge < -0.3 is 5.11 Å². The second kappa shape index (κ2) is 3.99. The van der Waals surface area contributed by atoms with E-state index >= 15 is 0 Å². The van der Waals surface area contributed by atoms with Crippen LogP contribution in [-0.4, -0.2) is 16.9 Å². The molecule has 0 radical (unpaired) electrons. The molecular formula is C14H16O3. The summed E-state index contributed by atoms with van der Waals surface area (Å²) in [5.41, 5.74) is 0.863. The molecule has 0 spiro atoms. The highest BCUT2D eigenvalue weighted by Gasteiger charge is 2.52. The molecule has 0 unspecified atom stereocenters. The van der Waals surface area contributed by atoms with Crippen LogP contribution >= 0.6 is 0 Å². The van der Waals surface area contributed by atoms with Crippen molar-refractivity contribution in [1.82, 2.24) is 0 Å². The Bertz CT molecular complexity index is 466. The van der Waals surface area contributed by atoms with Crippen LogP contribution in [0.2, 0.25) is 0 Å². The second-order valence-corrected chi connectivity index (χ2v) is 5.02. The Morgan fingerprint density at radius 1 is 1.29 bits per heavy atom. The van der Waals surface area contributed by atoms with Crippen molar-refractivity contribution in [2.75, 3.05) is 0 Å². The van der Waals surface area contributed by atoms with Gasteiger partial charge in [-0.25, -0.2) is 0 Å². The number of hydrogen-bond donors (Lipinski definition) is 1. The van der Waals surface area contributed by atoms with Gasteiger partial charge in [0.1, 0.15) is 11.2 Å². The molecule has 1 aliphatic rings. The van der Waals surface area contributed by atoms with Crippen molar-refractivity contribution >= 4 is 11.8 Å². The predicted octanol–water partition coefficient (Wildman–Crippen LogP) is 2.50. The highest BCUT2D eigenvalue weighted by molar-refractivity contribution is 6.01. The third-order valence-electron chi connectivity index (χ3n) is 3.51. The van der Waals surface area contributed by atoms with Gasteiger partial charge in [0, 0.05) is 12.8 Å². The van der Waals surface area contributed by atoms with Crippen LogP contribution < -0.4 is 0 Å². The van der Waals surface area contributed by atoms with Crippen molar-refractivity contribution in [1.29, 1.82) is 0 Å². The van der Waals surface area contributed by atoms with Crippen molar-refractivity contribution in [2.45, 2.75) is 38.0 Å². The number of carbonyl (C=O) groups excluding carboxylic acids is 1. The summed E-state index contributed by atoms with van der Waals surface area (Å²) in [4.78, 5) is 22.7. The molecule has 1 aliphatic carbocycles. The number of benzene rings is 1. The van der Waals surface area contributed by atoms with E-state index in [0.29, 0.717) is 0 Å². The Kier molecular flexibility index (Phi) is 2.77. The minimum atomic E-state index is -0.974. The quantitative estimate of drug-likeness (QED) is 0.871. The van der Waals surface area contributed by atoms with Crippen LogP contribution in [0.25, 0.3) is 0 Å². The van der Waals surface area contributed by atoms with Gasteiger partial charge in [0.05, 0.1) is 0 Å². The van der Waals surface area contributed by atoms with Crippen LogP contribution in [-0.2, 0) is 15.0 Å². The second-order valence-electron chi connectivity index (χ2n) is 5.02. The summed E-state index contributed by atoms with van der Waals surface area (Å²) in [7, 11) is 0. The molecule has 1 aromatic rings. The predicted molar refractivity (Wildman–Crippen MR) is 64.1 cm³/mol. The monoisotopic (exact) mass is 232 g/mol. The summed E-state index contributed by atoms with van der Waals surface area (Å²) in [5, 5.41) is 9.41. The molecule has 1 saturated carbocycles. The van der Waals surface area contributed by atoms with Crippen molar-refractivity contribution < 1.29 is 14.7 Å². The maximum absolute atomic E-state index is 11.5. The van der Waals surface area contributed by atoms with Crippen LogP contribution in [0.5, 0.6) is 0 Å². The van der Waals surface area contributed by atoms with E-state index in [0.717, 1.165) is 11.1 Å². The van der Waals surface area contributed by atoms with E-state index in [1.54, 1.807) is 0 Å². The molecule has 3 nitrogen and oxygen atoms in total. The van der Waals surface area contributed by atoms with Gasteiger partial charge in [-0.05, 0) is 17.0 Å². The van der Waals surface area contributed by atoms with Crippen molar-refractivity contribution in [2.24, 2.45) is 0 Å². The van der Waals surface area contributed by atoms with Crippen LogP contribution in [0, 0.1) is 0 Å². The SMILES string of the molecule is CC(C)c1ccccc1C1(C(=O)O)CC(=O)C1. The van der Waals surface area contributed by atoms with Gasteiger partial charge in [0.25, 0.3) is 0 Å². The number of Topliss-reactive ketones (excluding diaryl/α,β-unsaturated/α-hetero) is 1. The molecule has 1 fully saturated rings. The Morgan fingerprint density at radius 3 is 2.35 bits per heavy atom. The molecule has 0 heterocycles. The lowest BCUT2D eigenvalue weighted by atomic mass is 9.62. The molecule has 0 amide bonds. The zero-order valence-electron chi connectivity index (χ0n) is 10.1. The molecule has 0 bridgehead atoms. The molecular weight excluding hydrogens is 216 g/mol. The molecule has 0 aromatic heterocycles. The summed E-state index contributed by atoms with van der Waals surface area (Å²) in [6.45, 7) is 4.07. The average molecular weight is 232 g/mol. The summed E-state index contributed by atoms with van der Waals surface area (Å²) in [6, 6.07) is 7.55. The topological polar surface area (TPSA) is 54.4 Å². The first kappa shape index (κ1) is 11.8. The Morgan fingerprint density at radius 2 is 1.88 bits per heavy atom. The molecule has 1 aromatic carbocycles. The van der Waals surface area contributed by atoms with Gasteiger partial charge in [-0.15, -0.1) is 0 Å². The van der Waals surface area contributed by atoms with Crippen molar-refractivity contribution in [3.63, 3.8) is 0 Å². The standard InChI is InChI=1S/C14H16O3/c1-9(2)11-5-3-4-6-12(11)14(13(16)17)7-10(15)8-14/h3-6,9H,7-8H2,1-2H3,(H,16,17). The molecule has 1 N–H and O–H groups in total. The number of carbonyl (C=O) groups is 2. The summed E-state index contributed by atoms with van der Waals surface area (Å²) < 4.78 is 0. The Hall–Kier alpha value is -1.64. The summed E-state index contributed by atoms with van der Waals surface area (Å²) in [6.07, 6.45) is 0.262. The van der Waals surface area contributed by atoms with E-state index in [1.807, 2.05) is 38.1 Å². The number of ketones is 1. The van der Waals surface area contributed by atoms with E-state index in [1.165, 1.54) is 0 Å². The fourth-order valence-electron chi connectivity index (χ4n) is 2.51. The van der Waals surface area contributed by atoms with Gasteiger partial charge in [-0.2, -0.15) is 0 Å². The minimum Gasteiger partial charge on any atom is -0.481 e. The summed E-state index contributed by atoms with van der Waals surface area (Å²) >= 11 is 0. The van der Waals surface area contributed by atoms with Crippen LogP contribution in [0.15, 0.2) is 24.3 Å². The van der Waals surface area contributed by atoms with E-state index in [2.05, 4.69) is 0 Å².